The minimum absolute atomic E-state index is 0.00426. The number of aryl methyl sites for hydroxylation is 1. The van der Waals surface area contributed by atoms with Crippen LogP contribution in [0.5, 0.6) is 5.88 Å². The molecule has 0 unspecified atom stereocenters. The van der Waals surface area contributed by atoms with Gasteiger partial charge in [0, 0.05) is 25.5 Å². The summed E-state index contributed by atoms with van der Waals surface area (Å²) >= 11 is 0. The van der Waals surface area contributed by atoms with Gasteiger partial charge in [-0.15, -0.1) is 0 Å². The number of hydrogen-bond donors (Lipinski definition) is 3. The van der Waals surface area contributed by atoms with Crippen LogP contribution >= 0.6 is 0 Å². The third-order valence-electron chi connectivity index (χ3n) is 4.73. The Hall–Kier alpha value is -3.49. The first kappa shape index (κ1) is 20.2. The maximum atomic E-state index is 12.6. The largest absolute Gasteiger partial charge is 0.471 e. The van der Waals surface area contributed by atoms with Gasteiger partial charge in [-0.25, -0.2) is 4.98 Å². The molecule has 154 valence electrons. The maximum Gasteiger partial charge on any atom is 0.261 e. The van der Waals surface area contributed by atoms with Gasteiger partial charge in [0.25, 0.3) is 5.91 Å². The van der Waals surface area contributed by atoms with E-state index < -0.39 is 0 Å². The highest BCUT2D eigenvalue weighted by atomic mass is 16.5. The smallest absolute Gasteiger partial charge is 0.261 e. The van der Waals surface area contributed by atoms with Crippen LogP contribution in [0, 0.1) is 0 Å². The van der Waals surface area contributed by atoms with Crippen molar-refractivity contribution in [3.8, 4) is 5.88 Å². The molecule has 0 spiro atoms. The standard InChI is InChI=1S/C20H27N7O2/c1-13(2)14-5-7-23-18(8-14)29-16-11-27(12-16)20-17(10-24-26(20)3)19(28)25-15(9-22)4-6-21/h4-10,13,16H,11-12,21-22H2,1-3H3,(H,25,28)/b6-4-,15-9+. The molecule has 5 N–H and O–H groups in total. The normalized spacial score (nSPS) is 15.0. The summed E-state index contributed by atoms with van der Waals surface area (Å²) in [5, 5.41) is 6.94. The molecule has 1 amide bonds. The zero-order chi connectivity index (χ0) is 21.0. The molecule has 3 rings (SSSR count). The van der Waals surface area contributed by atoms with E-state index >= 15 is 0 Å². The molecule has 0 atom stereocenters. The Labute approximate surface area is 170 Å². The molecule has 2 aromatic rings. The molecule has 9 heteroatoms. The Bertz CT molecular complexity index is 927. The van der Waals surface area contributed by atoms with Crippen LogP contribution in [0.25, 0.3) is 0 Å². The van der Waals surface area contributed by atoms with Gasteiger partial charge in [0.05, 0.1) is 25.0 Å². The van der Waals surface area contributed by atoms with Gasteiger partial charge in [-0.2, -0.15) is 5.10 Å². The molecule has 3 heterocycles. The zero-order valence-electron chi connectivity index (χ0n) is 16.9. The van der Waals surface area contributed by atoms with Crippen molar-refractivity contribution >= 4 is 11.7 Å². The number of carbonyl (C=O) groups excluding carboxylic acids is 1. The van der Waals surface area contributed by atoms with Crippen LogP contribution in [0.3, 0.4) is 0 Å². The Balaban J connectivity index is 1.66. The second-order valence-corrected chi connectivity index (χ2v) is 7.17. The molecule has 1 aliphatic heterocycles. The van der Waals surface area contributed by atoms with Crippen molar-refractivity contribution in [2.24, 2.45) is 18.5 Å². The first-order chi connectivity index (χ1) is 13.9. The van der Waals surface area contributed by atoms with Crippen molar-refractivity contribution in [3.05, 3.63) is 59.8 Å². The van der Waals surface area contributed by atoms with Gasteiger partial charge in [0.2, 0.25) is 5.88 Å². The minimum Gasteiger partial charge on any atom is -0.471 e. The van der Waals surface area contributed by atoms with Crippen molar-refractivity contribution in [1.82, 2.24) is 20.1 Å². The van der Waals surface area contributed by atoms with Crippen molar-refractivity contribution in [2.45, 2.75) is 25.9 Å². The number of ether oxygens (including phenoxy) is 1. The minimum atomic E-state index is -0.307. The second-order valence-electron chi connectivity index (χ2n) is 7.17. The quantitative estimate of drug-likeness (QED) is 0.600. The number of hydrogen-bond acceptors (Lipinski definition) is 7. The Morgan fingerprint density at radius 3 is 2.79 bits per heavy atom. The van der Waals surface area contributed by atoms with E-state index in [1.807, 2.05) is 17.0 Å². The molecule has 1 aliphatic rings. The van der Waals surface area contributed by atoms with Crippen LogP contribution in [-0.4, -0.2) is 39.9 Å². The van der Waals surface area contributed by atoms with E-state index in [1.54, 1.807) is 17.9 Å². The first-order valence-electron chi connectivity index (χ1n) is 9.44. The summed E-state index contributed by atoms with van der Waals surface area (Å²) in [6.07, 6.45) is 7.40. The highest BCUT2D eigenvalue weighted by Gasteiger charge is 2.34. The summed E-state index contributed by atoms with van der Waals surface area (Å²) in [5.41, 5.74) is 12.9. The molecule has 0 saturated carbocycles. The van der Waals surface area contributed by atoms with E-state index in [2.05, 4.69) is 29.2 Å². The maximum absolute atomic E-state index is 12.6. The van der Waals surface area contributed by atoms with E-state index in [4.69, 9.17) is 16.2 Å². The van der Waals surface area contributed by atoms with Crippen LogP contribution in [0.15, 0.2) is 48.7 Å². The number of aromatic nitrogens is 3. The lowest BCUT2D eigenvalue weighted by Gasteiger charge is -2.40. The lowest BCUT2D eigenvalue weighted by molar-refractivity contribution is 0.0966. The van der Waals surface area contributed by atoms with E-state index in [0.717, 1.165) is 5.82 Å². The van der Waals surface area contributed by atoms with Gasteiger partial charge in [-0.05, 0) is 29.8 Å². The van der Waals surface area contributed by atoms with Gasteiger partial charge in [0.1, 0.15) is 17.5 Å². The number of carbonyl (C=O) groups is 1. The van der Waals surface area contributed by atoms with Gasteiger partial charge in [0.15, 0.2) is 0 Å². The molecular weight excluding hydrogens is 370 g/mol. The zero-order valence-corrected chi connectivity index (χ0v) is 16.9. The highest BCUT2D eigenvalue weighted by Crippen LogP contribution is 2.27. The summed E-state index contributed by atoms with van der Waals surface area (Å²) in [6.45, 7) is 5.53. The summed E-state index contributed by atoms with van der Waals surface area (Å²) in [6, 6.07) is 3.97. The molecule has 0 radical (unpaired) electrons. The summed E-state index contributed by atoms with van der Waals surface area (Å²) in [7, 11) is 1.80. The lowest BCUT2D eigenvalue weighted by Crippen LogP contribution is -2.55. The molecule has 29 heavy (non-hydrogen) atoms. The number of allylic oxidation sites excluding steroid dienone is 1. The van der Waals surface area contributed by atoms with Crippen molar-refractivity contribution in [3.63, 3.8) is 0 Å². The van der Waals surface area contributed by atoms with E-state index in [9.17, 15) is 4.79 Å². The summed E-state index contributed by atoms with van der Waals surface area (Å²) < 4.78 is 7.67. The number of nitrogens with two attached hydrogens (primary N) is 2. The SMILES string of the molecule is CC(C)c1ccnc(OC2CN(c3c(C(=O)NC(/C=C\N)=C/N)cnn3C)C2)c1. The third-order valence-corrected chi connectivity index (χ3v) is 4.73. The number of nitrogens with zero attached hydrogens (tertiary/aromatic N) is 4. The Morgan fingerprint density at radius 1 is 1.38 bits per heavy atom. The monoisotopic (exact) mass is 397 g/mol. The van der Waals surface area contributed by atoms with Crippen LogP contribution in [0.2, 0.25) is 0 Å². The van der Waals surface area contributed by atoms with Crippen LogP contribution in [0.1, 0.15) is 35.7 Å². The van der Waals surface area contributed by atoms with Crippen LogP contribution in [0.4, 0.5) is 5.82 Å². The van der Waals surface area contributed by atoms with Gasteiger partial charge in [-0.1, -0.05) is 13.8 Å². The van der Waals surface area contributed by atoms with Gasteiger partial charge >= 0.3 is 0 Å². The number of anilines is 1. The van der Waals surface area contributed by atoms with E-state index in [0.29, 0.717) is 36.1 Å². The molecule has 2 aromatic heterocycles. The molecule has 1 saturated heterocycles. The molecule has 0 aliphatic carbocycles. The van der Waals surface area contributed by atoms with Crippen LogP contribution in [-0.2, 0) is 7.05 Å². The average Bonchev–Trinajstić information content (AvgIpc) is 3.05. The molecular formula is C20H27N7O2. The predicted octanol–water partition coefficient (Wildman–Crippen LogP) is 1.21. The first-order valence-corrected chi connectivity index (χ1v) is 9.44. The topological polar surface area (TPSA) is 124 Å². The average molecular weight is 397 g/mol. The molecule has 1 fully saturated rings. The fourth-order valence-corrected chi connectivity index (χ4v) is 3.11. The molecule has 0 aromatic carbocycles. The van der Waals surface area contributed by atoms with Gasteiger partial charge in [-0.3, -0.25) is 9.48 Å². The Morgan fingerprint density at radius 2 is 2.14 bits per heavy atom. The van der Waals surface area contributed by atoms with E-state index in [-0.39, 0.29) is 12.0 Å². The number of amides is 1. The van der Waals surface area contributed by atoms with Gasteiger partial charge < -0.3 is 26.4 Å². The summed E-state index contributed by atoms with van der Waals surface area (Å²) in [4.78, 5) is 19.0. The van der Waals surface area contributed by atoms with Crippen molar-refractivity contribution < 1.29 is 9.53 Å². The fourth-order valence-electron chi connectivity index (χ4n) is 3.11. The second kappa shape index (κ2) is 8.68. The Kier molecular flexibility index (Phi) is 6.06. The lowest BCUT2D eigenvalue weighted by atomic mass is 10.1. The molecule has 0 bridgehead atoms. The van der Waals surface area contributed by atoms with Crippen molar-refractivity contribution in [2.75, 3.05) is 18.0 Å². The third kappa shape index (κ3) is 4.50. The van der Waals surface area contributed by atoms with Crippen LogP contribution < -0.4 is 26.4 Å². The number of rotatable bonds is 7. The fraction of sp³-hybridized carbons (Fsp3) is 0.350. The molecule has 9 nitrogen and oxygen atoms in total. The predicted molar refractivity (Wildman–Crippen MR) is 111 cm³/mol. The van der Waals surface area contributed by atoms with Crippen molar-refractivity contribution in [1.29, 1.82) is 0 Å². The highest BCUT2D eigenvalue weighted by molar-refractivity contribution is 6.00. The number of nitrogens with one attached hydrogen (secondary N) is 1. The number of pyridine rings is 1. The summed E-state index contributed by atoms with van der Waals surface area (Å²) in [5.74, 6) is 1.45. The van der Waals surface area contributed by atoms with E-state index in [1.165, 1.54) is 30.2 Å².